The molecular weight excluding hydrogens is 281 g/mol. The lowest BCUT2D eigenvalue weighted by Crippen LogP contribution is -2.32. The summed E-state index contributed by atoms with van der Waals surface area (Å²) in [7, 11) is -3.82. The Balaban J connectivity index is 3.19. The fourth-order valence-electron chi connectivity index (χ4n) is 1.77. The van der Waals surface area contributed by atoms with E-state index in [1.54, 1.807) is 6.92 Å². The van der Waals surface area contributed by atoms with Gasteiger partial charge in [0.05, 0.1) is 0 Å². The van der Waals surface area contributed by atoms with Crippen molar-refractivity contribution in [1.29, 1.82) is 0 Å². The lowest BCUT2D eigenvalue weighted by molar-refractivity contribution is 0.350. The summed E-state index contributed by atoms with van der Waals surface area (Å²) in [6, 6.07) is 3.71. The lowest BCUT2D eigenvalue weighted by atomic mass is 10.2. The molecule has 0 aromatic heterocycles. The summed E-state index contributed by atoms with van der Waals surface area (Å²) in [5, 5.41) is 8.57. The van der Waals surface area contributed by atoms with Gasteiger partial charge < -0.3 is 5.11 Å². The van der Waals surface area contributed by atoms with E-state index >= 15 is 0 Å². The van der Waals surface area contributed by atoms with Crippen molar-refractivity contribution in [2.75, 3.05) is 19.7 Å². The number of nitrogens with zero attached hydrogens (tertiary/aromatic N) is 1. The molecule has 0 aliphatic heterocycles. The molecule has 1 rings (SSSR count). The van der Waals surface area contributed by atoms with Gasteiger partial charge in [-0.05, 0) is 24.6 Å². The Hall–Kier alpha value is -1.42. The van der Waals surface area contributed by atoms with Gasteiger partial charge in [-0.2, -0.15) is 4.31 Å². The van der Waals surface area contributed by atoms with Crippen LogP contribution in [0.3, 0.4) is 0 Å². The molecule has 1 aromatic carbocycles. The normalized spacial score (nSPS) is 11.2. The molecule has 1 aromatic rings. The minimum absolute atomic E-state index is 0.293. The summed E-state index contributed by atoms with van der Waals surface area (Å²) in [4.78, 5) is -0.345. The van der Waals surface area contributed by atoms with E-state index in [1.165, 1.54) is 16.4 Å². The maximum atomic E-state index is 14.0. The monoisotopic (exact) mass is 299 g/mol. The maximum Gasteiger partial charge on any atom is 0.245 e. The van der Waals surface area contributed by atoms with Gasteiger partial charge in [-0.15, -0.1) is 0 Å². The number of aliphatic hydroxyl groups excluding tert-OH is 1. The fraction of sp³-hybridized carbons (Fsp3) is 0.429. The standard InChI is InChI=1S/C14H18FNO3S/c1-3-9-16(4-2)20(18,19)14-8-7-12(6-5-10-17)11-13(14)15/h7-8,11,17H,3-4,9-10H2,1-2H3. The summed E-state index contributed by atoms with van der Waals surface area (Å²) in [5.74, 6) is 4.09. The van der Waals surface area contributed by atoms with E-state index in [0.717, 1.165) is 6.07 Å². The first-order chi connectivity index (χ1) is 9.47. The van der Waals surface area contributed by atoms with Gasteiger partial charge in [0, 0.05) is 18.7 Å². The van der Waals surface area contributed by atoms with Crippen LogP contribution < -0.4 is 0 Å². The van der Waals surface area contributed by atoms with Crippen molar-refractivity contribution in [2.45, 2.75) is 25.2 Å². The van der Waals surface area contributed by atoms with Gasteiger partial charge in [0.1, 0.15) is 17.3 Å². The quantitative estimate of drug-likeness (QED) is 0.840. The maximum absolute atomic E-state index is 14.0. The van der Waals surface area contributed by atoms with Gasteiger partial charge >= 0.3 is 0 Å². The number of sulfonamides is 1. The van der Waals surface area contributed by atoms with Crippen molar-refractivity contribution in [3.63, 3.8) is 0 Å². The first-order valence-corrected chi connectivity index (χ1v) is 7.80. The molecule has 0 unspecified atom stereocenters. The molecule has 0 fully saturated rings. The predicted molar refractivity (Wildman–Crippen MR) is 75.1 cm³/mol. The van der Waals surface area contributed by atoms with Gasteiger partial charge in [0.15, 0.2) is 0 Å². The smallest absolute Gasteiger partial charge is 0.245 e. The molecule has 110 valence electrons. The second kappa shape index (κ2) is 7.39. The molecule has 0 spiro atoms. The zero-order valence-corrected chi connectivity index (χ0v) is 12.4. The van der Waals surface area contributed by atoms with Crippen molar-refractivity contribution in [1.82, 2.24) is 4.31 Å². The third kappa shape index (κ3) is 3.79. The predicted octanol–water partition coefficient (Wildman–Crippen LogP) is 1.59. The summed E-state index contributed by atoms with van der Waals surface area (Å²) in [6.45, 7) is 3.89. The highest BCUT2D eigenvalue weighted by molar-refractivity contribution is 7.89. The molecule has 4 nitrogen and oxygen atoms in total. The third-order valence-electron chi connectivity index (χ3n) is 2.69. The van der Waals surface area contributed by atoms with Gasteiger partial charge in [0.25, 0.3) is 0 Å². The third-order valence-corrected chi connectivity index (χ3v) is 4.69. The number of benzene rings is 1. The molecule has 6 heteroatoms. The highest BCUT2D eigenvalue weighted by atomic mass is 32.2. The number of rotatable bonds is 5. The molecule has 0 heterocycles. The summed E-state index contributed by atoms with van der Waals surface area (Å²) >= 11 is 0. The van der Waals surface area contributed by atoms with Crippen LogP contribution in [0, 0.1) is 17.7 Å². The van der Waals surface area contributed by atoms with Crippen molar-refractivity contribution >= 4 is 10.0 Å². The van der Waals surface area contributed by atoms with E-state index in [-0.39, 0.29) is 11.5 Å². The van der Waals surface area contributed by atoms with Crippen LogP contribution in [0.4, 0.5) is 4.39 Å². The topological polar surface area (TPSA) is 57.6 Å². The zero-order valence-electron chi connectivity index (χ0n) is 11.6. The van der Waals surface area contributed by atoms with Gasteiger partial charge in [0.2, 0.25) is 10.0 Å². The summed E-state index contributed by atoms with van der Waals surface area (Å²) in [6.07, 6.45) is 0.661. The number of aliphatic hydroxyl groups is 1. The molecule has 0 amide bonds. The van der Waals surface area contributed by atoms with Gasteiger partial charge in [-0.3, -0.25) is 0 Å². The van der Waals surface area contributed by atoms with Crippen molar-refractivity contribution in [3.8, 4) is 11.8 Å². The lowest BCUT2D eigenvalue weighted by Gasteiger charge is -2.20. The molecule has 0 aliphatic carbocycles. The van der Waals surface area contributed by atoms with Crippen LogP contribution in [0.5, 0.6) is 0 Å². The Morgan fingerprint density at radius 3 is 2.55 bits per heavy atom. The molecule has 0 saturated carbocycles. The first kappa shape index (κ1) is 16.6. The van der Waals surface area contributed by atoms with Crippen LogP contribution in [-0.2, 0) is 10.0 Å². The van der Waals surface area contributed by atoms with E-state index in [0.29, 0.717) is 25.1 Å². The SMILES string of the molecule is CCCN(CC)S(=O)(=O)c1ccc(C#CCO)cc1F. The minimum atomic E-state index is -3.82. The van der Waals surface area contributed by atoms with E-state index in [9.17, 15) is 12.8 Å². The number of hydrogen-bond acceptors (Lipinski definition) is 3. The van der Waals surface area contributed by atoms with Crippen LogP contribution in [0.15, 0.2) is 23.1 Å². The molecular formula is C14H18FNO3S. The minimum Gasteiger partial charge on any atom is -0.384 e. The molecule has 0 atom stereocenters. The molecule has 20 heavy (non-hydrogen) atoms. The Kier molecular flexibility index (Phi) is 6.14. The number of halogens is 1. The Morgan fingerprint density at radius 1 is 1.35 bits per heavy atom. The molecule has 0 aliphatic rings. The molecule has 0 bridgehead atoms. The van der Waals surface area contributed by atoms with E-state index < -0.39 is 15.8 Å². The zero-order chi connectivity index (χ0) is 15.2. The molecule has 0 saturated heterocycles. The Morgan fingerprint density at radius 2 is 2.05 bits per heavy atom. The summed E-state index contributed by atoms with van der Waals surface area (Å²) in [5.41, 5.74) is 0.328. The average Bonchev–Trinajstić information content (AvgIpc) is 2.42. The van der Waals surface area contributed by atoms with Crippen molar-refractivity contribution in [3.05, 3.63) is 29.6 Å². The van der Waals surface area contributed by atoms with Crippen LogP contribution in [-0.4, -0.2) is 37.5 Å². The van der Waals surface area contributed by atoms with Crippen LogP contribution in [0.1, 0.15) is 25.8 Å². The molecule has 1 N–H and O–H groups in total. The van der Waals surface area contributed by atoms with Crippen molar-refractivity contribution < 1.29 is 17.9 Å². The Bertz CT molecular complexity index is 617. The Labute approximate surface area is 119 Å². The van der Waals surface area contributed by atoms with Gasteiger partial charge in [-0.25, -0.2) is 12.8 Å². The highest BCUT2D eigenvalue weighted by Crippen LogP contribution is 2.20. The number of hydrogen-bond donors (Lipinski definition) is 1. The van der Waals surface area contributed by atoms with Gasteiger partial charge in [-0.1, -0.05) is 25.7 Å². The average molecular weight is 299 g/mol. The van der Waals surface area contributed by atoms with Crippen molar-refractivity contribution in [2.24, 2.45) is 0 Å². The first-order valence-electron chi connectivity index (χ1n) is 6.36. The van der Waals surface area contributed by atoms with Crippen LogP contribution >= 0.6 is 0 Å². The van der Waals surface area contributed by atoms with Crippen LogP contribution in [0.25, 0.3) is 0 Å². The highest BCUT2D eigenvalue weighted by Gasteiger charge is 2.25. The second-order valence-electron chi connectivity index (χ2n) is 4.10. The molecule has 0 radical (unpaired) electrons. The van der Waals surface area contributed by atoms with E-state index in [1.807, 2.05) is 6.92 Å². The summed E-state index contributed by atoms with van der Waals surface area (Å²) < 4.78 is 39.8. The van der Waals surface area contributed by atoms with Crippen LogP contribution in [0.2, 0.25) is 0 Å². The van der Waals surface area contributed by atoms with E-state index in [2.05, 4.69) is 11.8 Å². The largest absolute Gasteiger partial charge is 0.384 e. The fourth-order valence-corrected chi connectivity index (χ4v) is 3.35. The van der Waals surface area contributed by atoms with E-state index in [4.69, 9.17) is 5.11 Å². The second-order valence-corrected chi connectivity index (χ2v) is 6.01.